The number of hydrogen-bond donors (Lipinski definition) is 2. The van der Waals surface area contributed by atoms with Crippen molar-refractivity contribution in [3.63, 3.8) is 0 Å². The SMILES string of the molecule is CC(C)[C@H](NC(=O)OCC1c2ccccc2-c2ccccc21)[C@H]([Se]c1ccccc1)[C@H](O)C1(C(=O)SC(C)(C)C)CCCCC1. The Bertz CT molecular complexity index is 1420. The van der Waals surface area contributed by atoms with Gasteiger partial charge in [0.25, 0.3) is 0 Å². The van der Waals surface area contributed by atoms with Crippen LogP contribution in [0.4, 0.5) is 4.79 Å². The molecule has 5 rings (SSSR count). The quantitative estimate of drug-likeness (QED) is 0.213. The normalized spacial score (nSPS) is 18.0. The van der Waals surface area contributed by atoms with Gasteiger partial charge in [0, 0.05) is 0 Å². The first-order chi connectivity index (χ1) is 21.5. The van der Waals surface area contributed by atoms with Crippen molar-refractivity contribution in [2.45, 2.75) is 94.3 Å². The maximum absolute atomic E-state index is 14.1. The van der Waals surface area contributed by atoms with Crippen LogP contribution in [0.25, 0.3) is 11.1 Å². The fourth-order valence-corrected chi connectivity index (χ4v) is 11.2. The molecule has 0 radical (unpaired) electrons. The summed E-state index contributed by atoms with van der Waals surface area (Å²) in [7, 11) is 0. The number of fused-ring (bicyclic) bond motifs is 3. The number of ether oxygens (including phenoxy) is 1. The molecule has 3 aromatic carbocycles. The molecule has 0 unspecified atom stereocenters. The molecule has 0 spiro atoms. The molecule has 45 heavy (non-hydrogen) atoms. The summed E-state index contributed by atoms with van der Waals surface area (Å²) < 4.78 is 6.87. The molecular weight excluding hydrogens is 645 g/mol. The third-order valence-electron chi connectivity index (χ3n) is 9.14. The first-order valence-corrected chi connectivity index (χ1v) is 18.9. The average molecular weight is 693 g/mol. The number of amides is 1. The molecule has 0 bridgehead atoms. The van der Waals surface area contributed by atoms with Crippen molar-refractivity contribution in [1.82, 2.24) is 5.32 Å². The van der Waals surface area contributed by atoms with E-state index in [-0.39, 0.29) is 54.1 Å². The van der Waals surface area contributed by atoms with Gasteiger partial charge in [-0.1, -0.05) is 0 Å². The summed E-state index contributed by atoms with van der Waals surface area (Å²) in [4.78, 5) is 27.4. The Kier molecular flexibility index (Phi) is 10.9. The second-order valence-electron chi connectivity index (χ2n) is 13.8. The van der Waals surface area contributed by atoms with Gasteiger partial charge in [-0.15, -0.1) is 0 Å². The third-order valence-corrected chi connectivity index (χ3v) is 13.2. The number of rotatable bonds is 10. The molecule has 1 saturated carbocycles. The zero-order valence-corrected chi connectivity index (χ0v) is 29.7. The number of alkyl carbamates (subject to hydrolysis) is 1. The van der Waals surface area contributed by atoms with E-state index in [9.17, 15) is 14.7 Å². The van der Waals surface area contributed by atoms with E-state index < -0.39 is 17.6 Å². The predicted octanol–water partition coefficient (Wildman–Crippen LogP) is 7.74. The van der Waals surface area contributed by atoms with E-state index >= 15 is 0 Å². The van der Waals surface area contributed by atoms with Gasteiger partial charge < -0.3 is 0 Å². The molecule has 2 aliphatic rings. The zero-order chi connectivity index (χ0) is 32.2. The summed E-state index contributed by atoms with van der Waals surface area (Å²) >= 11 is 1.15. The van der Waals surface area contributed by atoms with Gasteiger partial charge >= 0.3 is 281 Å². The Hall–Kier alpha value is -2.57. The third kappa shape index (κ3) is 7.71. The standard InChI is InChI=1S/C38H47NO4SSe/c1-25(2)32(39-36(42)43-24-31-29-20-12-10-18-27(29)28-19-11-13-21-30(28)31)33(45-26-16-8-6-9-17-26)34(40)38(22-14-7-15-23-38)35(41)44-37(3,4)5/h6,8-13,16-21,25,31-34,40H,7,14-15,22-24H2,1-5H3,(H,39,42)/t32-,33-,34-/m0/s1. The number of carbonyl (C=O) groups is 2. The van der Waals surface area contributed by atoms with Crippen molar-refractivity contribution in [3.05, 3.63) is 90.0 Å². The molecule has 2 N–H and O–H groups in total. The minimum absolute atomic E-state index is 0.0155. The van der Waals surface area contributed by atoms with E-state index in [1.54, 1.807) is 0 Å². The maximum atomic E-state index is 14.1. The Morgan fingerprint density at radius 1 is 0.911 bits per heavy atom. The van der Waals surface area contributed by atoms with Crippen LogP contribution in [0.2, 0.25) is 4.82 Å². The van der Waals surface area contributed by atoms with E-state index in [0.29, 0.717) is 12.8 Å². The molecule has 0 aliphatic heterocycles. The molecule has 3 aromatic rings. The van der Waals surface area contributed by atoms with Crippen LogP contribution in [0.15, 0.2) is 78.9 Å². The fourth-order valence-electron chi connectivity index (χ4n) is 6.89. The molecule has 3 atom stereocenters. The zero-order valence-electron chi connectivity index (χ0n) is 27.1. The van der Waals surface area contributed by atoms with Crippen LogP contribution in [0.3, 0.4) is 0 Å². The first-order valence-electron chi connectivity index (χ1n) is 16.2. The second kappa shape index (κ2) is 14.5. The van der Waals surface area contributed by atoms with E-state index in [2.05, 4.69) is 76.3 Å². The number of nitrogens with one attached hydrogen (secondary N) is 1. The summed E-state index contributed by atoms with van der Waals surface area (Å²) in [6, 6.07) is 26.5. The summed E-state index contributed by atoms with van der Waals surface area (Å²) in [6.45, 7) is 10.5. The van der Waals surface area contributed by atoms with Gasteiger partial charge in [-0.3, -0.25) is 0 Å². The van der Waals surface area contributed by atoms with E-state index in [0.717, 1.165) is 23.7 Å². The van der Waals surface area contributed by atoms with E-state index in [1.165, 1.54) is 34.0 Å². The molecule has 5 nitrogen and oxygen atoms in total. The number of thioether (sulfide) groups is 1. The number of hydrogen-bond acceptors (Lipinski definition) is 5. The summed E-state index contributed by atoms with van der Waals surface area (Å²) in [6.07, 6.45) is 2.89. The molecular formula is C38H47NO4SSe. The molecule has 2 aliphatic carbocycles. The molecule has 1 amide bonds. The summed E-state index contributed by atoms with van der Waals surface area (Å²) in [5.74, 6) is -0.0186. The van der Waals surface area contributed by atoms with Crippen molar-refractivity contribution in [3.8, 4) is 11.1 Å². The Morgan fingerprint density at radius 3 is 2.02 bits per heavy atom. The first kappa shape index (κ1) is 33.8. The van der Waals surface area contributed by atoms with Crippen LogP contribution < -0.4 is 9.78 Å². The van der Waals surface area contributed by atoms with Crippen molar-refractivity contribution >= 4 is 42.4 Å². The minimum atomic E-state index is -0.887. The molecule has 1 fully saturated rings. The molecule has 7 heteroatoms. The molecule has 240 valence electrons. The predicted molar refractivity (Wildman–Crippen MR) is 186 cm³/mol. The van der Waals surface area contributed by atoms with E-state index in [4.69, 9.17) is 4.74 Å². The second-order valence-corrected chi connectivity index (χ2v) is 18.2. The van der Waals surface area contributed by atoms with Gasteiger partial charge in [0.05, 0.1) is 0 Å². The average Bonchev–Trinajstić information content (AvgIpc) is 3.34. The van der Waals surface area contributed by atoms with Crippen molar-refractivity contribution < 1.29 is 19.4 Å². The van der Waals surface area contributed by atoms with Crippen LogP contribution in [-0.2, 0) is 9.53 Å². The molecule has 0 heterocycles. The van der Waals surface area contributed by atoms with Crippen LogP contribution in [0.5, 0.6) is 0 Å². The molecule has 0 aromatic heterocycles. The van der Waals surface area contributed by atoms with E-state index in [1.807, 2.05) is 42.5 Å². The monoisotopic (exact) mass is 693 g/mol. The van der Waals surface area contributed by atoms with Gasteiger partial charge in [0.15, 0.2) is 0 Å². The molecule has 0 saturated heterocycles. The number of aliphatic hydroxyl groups is 1. The van der Waals surface area contributed by atoms with Gasteiger partial charge in [0.1, 0.15) is 0 Å². The van der Waals surface area contributed by atoms with Crippen LogP contribution in [-0.4, -0.2) is 54.8 Å². The Labute approximate surface area is 279 Å². The van der Waals surface area contributed by atoms with Crippen LogP contribution in [0, 0.1) is 11.3 Å². The van der Waals surface area contributed by atoms with Gasteiger partial charge in [-0.05, 0) is 0 Å². The van der Waals surface area contributed by atoms with Crippen molar-refractivity contribution in [2.24, 2.45) is 11.3 Å². The Balaban J connectivity index is 1.40. The van der Waals surface area contributed by atoms with Crippen LogP contribution in [0.1, 0.15) is 83.8 Å². The van der Waals surface area contributed by atoms with Gasteiger partial charge in [-0.2, -0.15) is 0 Å². The number of carbonyl (C=O) groups excluding carboxylic acids is 2. The summed E-state index contributed by atoms with van der Waals surface area (Å²) in [5.41, 5.74) is 3.87. The number of aliphatic hydroxyl groups excluding tert-OH is 1. The van der Waals surface area contributed by atoms with Gasteiger partial charge in [-0.25, -0.2) is 0 Å². The fraction of sp³-hybridized carbons (Fsp3) is 0.474. The van der Waals surface area contributed by atoms with Crippen molar-refractivity contribution in [2.75, 3.05) is 6.61 Å². The summed E-state index contributed by atoms with van der Waals surface area (Å²) in [5, 5.41) is 15.7. The van der Waals surface area contributed by atoms with Crippen LogP contribution >= 0.6 is 11.8 Å². The van der Waals surface area contributed by atoms with Crippen molar-refractivity contribution in [1.29, 1.82) is 0 Å². The topological polar surface area (TPSA) is 75.6 Å². The van der Waals surface area contributed by atoms with Gasteiger partial charge in [0.2, 0.25) is 0 Å². The Morgan fingerprint density at radius 2 is 1.47 bits per heavy atom. The number of benzene rings is 3.